The van der Waals surface area contributed by atoms with Crippen LogP contribution in [0, 0.1) is 6.92 Å². The van der Waals surface area contributed by atoms with Crippen LogP contribution in [0.5, 0.6) is 0 Å². The number of aromatic nitrogens is 2. The molecule has 2 heterocycles. The van der Waals surface area contributed by atoms with Crippen LogP contribution in [0.2, 0.25) is 0 Å². The Morgan fingerprint density at radius 3 is 2.88 bits per heavy atom. The lowest BCUT2D eigenvalue weighted by molar-refractivity contribution is -0.132. The molecule has 5 nitrogen and oxygen atoms in total. The first-order chi connectivity index (χ1) is 8.06. The van der Waals surface area contributed by atoms with Gasteiger partial charge >= 0.3 is 0 Å². The molecule has 1 atom stereocenters. The molecule has 0 aromatic carbocycles. The fourth-order valence-electron chi connectivity index (χ4n) is 2.26. The highest BCUT2D eigenvalue weighted by atomic mass is 16.2. The minimum absolute atomic E-state index is 0.249. The first-order valence-corrected chi connectivity index (χ1v) is 6.03. The van der Waals surface area contributed by atoms with Crippen molar-refractivity contribution in [3.63, 3.8) is 0 Å². The molecular weight excluding hydrogens is 216 g/mol. The lowest BCUT2D eigenvalue weighted by Crippen LogP contribution is -2.46. The molecule has 1 saturated heterocycles. The van der Waals surface area contributed by atoms with E-state index >= 15 is 0 Å². The monoisotopic (exact) mass is 236 g/mol. The smallest absolute Gasteiger partial charge is 0.222 e. The molecule has 1 aliphatic heterocycles. The van der Waals surface area contributed by atoms with E-state index in [2.05, 4.69) is 16.5 Å². The van der Waals surface area contributed by atoms with Crippen molar-refractivity contribution in [1.29, 1.82) is 0 Å². The van der Waals surface area contributed by atoms with Crippen LogP contribution in [0.3, 0.4) is 0 Å². The average Bonchev–Trinajstić information content (AvgIpc) is 2.59. The highest BCUT2D eigenvalue weighted by Gasteiger charge is 2.22. The average molecular weight is 236 g/mol. The van der Waals surface area contributed by atoms with Gasteiger partial charge in [-0.2, -0.15) is 5.10 Å². The third-order valence-electron chi connectivity index (χ3n) is 3.30. The zero-order valence-electron chi connectivity index (χ0n) is 10.7. The fraction of sp³-hybridized carbons (Fsp3) is 0.667. The van der Waals surface area contributed by atoms with E-state index in [1.807, 2.05) is 25.7 Å². The normalized spacial score (nSPS) is 21.0. The minimum Gasteiger partial charge on any atom is -0.344 e. The molecule has 1 amide bonds. The largest absolute Gasteiger partial charge is 0.344 e. The second-order valence-electron chi connectivity index (χ2n) is 4.79. The predicted octanol–water partition coefficient (Wildman–Crippen LogP) is 0.439. The van der Waals surface area contributed by atoms with E-state index in [1.54, 1.807) is 4.90 Å². The second kappa shape index (κ2) is 4.87. The van der Waals surface area contributed by atoms with Crippen LogP contribution in [0.1, 0.15) is 24.2 Å². The lowest BCUT2D eigenvalue weighted by atomic mass is 10.1. The van der Waals surface area contributed by atoms with E-state index in [4.69, 9.17) is 0 Å². The fourth-order valence-corrected chi connectivity index (χ4v) is 2.26. The number of piperidine rings is 1. The lowest BCUT2D eigenvalue weighted by Gasteiger charge is -2.30. The molecule has 0 saturated carbocycles. The van der Waals surface area contributed by atoms with Crippen molar-refractivity contribution in [1.82, 2.24) is 20.0 Å². The number of likely N-dealkylation sites (tertiary alicyclic amines) is 1. The SMILES string of the molecule is Cc1cc(CNC2CCC(=O)N(C)C2)n(C)n1. The summed E-state index contributed by atoms with van der Waals surface area (Å²) < 4.78 is 1.90. The molecule has 1 N–H and O–H groups in total. The van der Waals surface area contributed by atoms with Crippen molar-refractivity contribution < 1.29 is 4.79 Å². The van der Waals surface area contributed by atoms with Gasteiger partial charge in [0.05, 0.1) is 11.4 Å². The summed E-state index contributed by atoms with van der Waals surface area (Å²) in [6, 6.07) is 2.48. The van der Waals surface area contributed by atoms with E-state index < -0.39 is 0 Å². The van der Waals surface area contributed by atoms with Crippen LogP contribution >= 0.6 is 0 Å². The Labute approximate surface area is 102 Å². The molecule has 17 heavy (non-hydrogen) atoms. The number of aryl methyl sites for hydroxylation is 2. The summed E-state index contributed by atoms with van der Waals surface area (Å²) in [4.78, 5) is 13.2. The van der Waals surface area contributed by atoms with Crippen LogP contribution in [0.15, 0.2) is 6.07 Å². The van der Waals surface area contributed by atoms with Gasteiger partial charge in [0.15, 0.2) is 0 Å². The highest BCUT2D eigenvalue weighted by molar-refractivity contribution is 5.76. The quantitative estimate of drug-likeness (QED) is 0.828. The van der Waals surface area contributed by atoms with E-state index in [0.717, 1.165) is 25.2 Å². The maximum Gasteiger partial charge on any atom is 0.222 e. The molecule has 0 bridgehead atoms. The molecule has 0 radical (unpaired) electrons. The molecule has 94 valence electrons. The summed E-state index contributed by atoms with van der Waals surface area (Å²) in [7, 11) is 3.82. The number of rotatable bonds is 3. The summed E-state index contributed by atoms with van der Waals surface area (Å²) in [5.74, 6) is 0.249. The Bertz CT molecular complexity index is 413. The standard InChI is InChI=1S/C12H20N4O/c1-9-6-11(16(3)14-9)7-13-10-4-5-12(17)15(2)8-10/h6,10,13H,4-5,7-8H2,1-3H3. The Kier molecular flexibility index (Phi) is 3.47. The summed E-state index contributed by atoms with van der Waals surface area (Å²) in [6.07, 6.45) is 1.58. The third-order valence-corrected chi connectivity index (χ3v) is 3.30. The molecule has 5 heteroatoms. The van der Waals surface area contributed by atoms with Gasteiger partial charge < -0.3 is 10.2 Å². The van der Waals surface area contributed by atoms with Crippen molar-refractivity contribution in [3.8, 4) is 0 Å². The zero-order valence-corrected chi connectivity index (χ0v) is 10.7. The third kappa shape index (κ3) is 2.85. The number of carbonyl (C=O) groups is 1. The van der Waals surface area contributed by atoms with Gasteiger partial charge in [0.1, 0.15) is 0 Å². The predicted molar refractivity (Wildman–Crippen MR) is 65.4 cm³/mol. The number of nitrogens with zero attached hydrogens (tertiary/aromatic N) is 3. The topological polar surface area (TPSA) is 50.2 Å². The van der Waals surface area contributed by atoms with Crippen molar-refractivity contribution >= 4 is 5.91 Å². The Balaban J connectivity index is 1.86. The van der Waals surface area contributed by atoms with E-state index in [0.29, 0.717) is 12.5 Å². The van der Waals surface area contributed by atoms with Crippen molar-refractivity contribution in [2.45, 2.75) is 32.4 Å². The molecule has 0 spiro atoms. The number of nitrogens with one attached hydrogen (secondary N) is 1. The number of hydrogen-bond acceptors (Lipinski definition) is 3. The second-order valence-corrected chi connectivity index (χ2v) is 4.79. The molecule has 1 fully saturated rings. The highest BCUT2D eigenvalue weighted by Crippen LogP contribution is 2.10. The van der Waals surface area contributed by atoms with Gasteiger partial charge in [0.2, 0.25) is 5.91 Å². The van der Waals surface area contributed by atoms with E-state index in [9.17, 15) is 4.79 Å². The zero-order chi connectivity index (χ0) is 12.4. The Morgan fingerprint density at radius 2 is 2.29 bits per heavy atom. The summed E-state index contributed by atoms with van der Waals surface area (Å²) in [5, 5.41) is 7.80. The maximum absolute atomic E-state index is 11.4. The first kappa shape index (κ1) is 12.1. The van der Waals surface area contributed by atoms with Gasteiger partial charge in [-0.3, -0.25) is 9.48 Å². The van der Waals surface area contributed by atoms with Gasteiger partial charge in [-0.05, 0) is 19.4 Å². The molecule has 1 unspecified atom stereocenters. The number of amides is 1. The first-order valence-electron chi connectivity index (χ1n) is 6.03. The summed E-state index contributed by atoms with van der Waals surface area (Å²) in [5.41, 5.74) is 2.22. The summed E-state index contributed by atoms with van der Waals surface area (Å²) in [6.45, 7) is 3.61. The Morgan fingerprint density at radius 1 is 1.53 bits per heavy atom. The van der Waals surface area contributed by atoms with Crippen molar-refractivity contribution in [2.75, 3.05) is 13.6 Å². The van der Waals surface area contributed by atoms with Crippen LogP contribution < -0.4 is 5.32 Å². The van der Waals surface area contributed by atoms with E-state index in [1.165, 1.54) is 5.69 Å². The molecule has 2 rings (SSSR count). The molecule has 1 aromatic heterocycles. The molecule has 1 aromatic rings. The molecule has 1 aliphatic rings. The Hall–Kier alpha value is -1.36. The van der Waals surface area contributed by atoms with Crippen LogP contribution in [-0.4, -0.2) is 40.2 Å². The van der Waals surface area contributed by atoms with Crippen LogP contribution in [0.4, 0.5) is 0 Å². The van der Waals surface area contributed by atoms with Gasteiger partial charge in [-0.25, -0.2) is 0 Å². The minimum atomic E-state index is 0.249. The number of hydrogen-bond donors (Lipinski definition) is 1. The molecule has 0 aliphatic carbocycles. The molecular formula is C12H20N4O. The van der Waals surface area contributed by atoms with Gasteiger partial charge in [-0.15, -0.1) is 0 Å². The number of likely N-dealkylation sites (N-methyl/N-ethyl adjacent to an activating group) is 1. The van der Waals surface area contributed by atoms with Gasteiger partial charge in [0, 0.05) is 39.6 Å². The van der Waals surface area contributed by atoms with Crippen molar-refractivity contribution in [3.05, 3.63) is 17.5 Å². The maximum atomic E-state index is 11.4. The number of carbonyl (C=O) groups excluding carboxylic acids is 1. The van der Waals surface area contributed by atoms with E-state index in [-0.39, 0.29) is 5.91 Å². The van der Waals surface area contributed by atoms with Crippen molar-refractivity contribution in [2.24, 2.45) is 7.05 Å². The van der Waals surface area contributed by atoms with Gasteiger partial charge in [-0.1, -0.05) is 0 Å². The van der Waals surface area contributed by atoms with Crippen LogP contribution in [0.25, 0.3) is 0 Å². The van der Waals surface area contributed by atoms with Crippen LogP contribution in [-0.2, 0) is 18.4 Å². The summed E-state index contributed by atoms with van der Waals surface area (Å²) >= 11 is 0. The van der Waals surface area contributed by atoms with Gasteiger partial charge in [0.25, 0.3) is 0 Å².